The fourth-order valence-corrected chi connectivity index (χ4v) is 2.12. The Hall–Kier alpha value is -2.63. The van der Waals surface area contributed by atoms with Crippen LogP contribution in [0.3, 0.4) is 0 Å². The minimum Gasteiger partial charge on any atom is -0.399 e. The number of halogens is 1. The number of rotatable bonds is 1. The van der Waals surface area contributed by atoms with Gasteiger partial charge in [-0.1, -0.05) is 0 Å². The molecule has 0 bridgehead atoms. The van der Waals surface area contributed by atoms with Gasteiger partial charge in [-0.05, 0) is 18.2 Å². The summed E-state index contributed by atoms with van der Waals surface area (Å²) < 4.78 is 15.4. The number of nitrogens with one attached hydrogen (secondary N) is 1. The number of aromatic nitrogens is 3. The molecule has 0 atom stereocenters. The van der Waals surface area contributed by atoms with Gasteiger partial charge in [0.05, 0.1) is 6.20 Å². The number of hydrogen-bond donors (Lipinski definition) is 2. The van der Waals surface area contributed by atoms with Crippen LogP contribution in [0.15, 0.2) is 35.4 Å². The van der Waals surface area contributed by atoms with Crippen molar-refractivity contribution in [2.45, 2.75) is 0 Å². The third-order valence-corrected chi connectivity index (χ3v) is 3.07. The summed E-state index contributed by atoms with van der Waals surface area (Å²) in [5, 5.41) is 7.08. The summed E-state index contributed by atoms with van der Waals surface area (Å²) in [4.78, 5) is 11.9. The van der Waals surface area contributed by atoms with E-state index in [-0.39, 0.29) is 5.56 Å². The number of aryl methyl sites for hydroxylation is 1. The maximum absolute atomic E-state index is 14.0. The number of H-pyrrole nitrogens is 1. The molecular weight excluding hydrogens is 247 g/mol. The van der Waals surface area contributed by atoms with E-state index in [1.807, 2.05) is 0 Å². The van der Waals surface area contributed by atoms with Gasteiger partial charge < -0.3 is 10.3 Å². The number of pyridine rings is 1. The molecule has 3 aromatic rings. The van der Waals surface area contributed by atoms with E-state index in [4.69, 9.17) is 5.73 Å². The number of nitrogen functional groups attached to an aromatic ring is 1. The number of anilines is 1. The Morgan fingerprint density at radius 2 is 2.16 bits per heavy atom. The lowest BCUT2D eigenvalue weighted by Crippen LogP contribution is -2.16. The van der Waals surface area contributed by atoms with Crippen LogP contribution in [0, 0.1) is 5.82 Å². The summed E-state index contributed by atoms with van der Waals surface area (Å²) in [6.45, 7) is 0. The second kappa shape index (κ2) is 3.94. The molecule has 0 unspecified atom stereocenters. The maximum atomic E-state index is 14.0. The molecule has 1 aromatic carbocycles. The van der Waals surface area contributed by atoms with Gasteiger partial charge in [-0.2, -0.15) is 5.10 Å². The van der Waals surface area contributed by atoms with Gasteiger partial charge in [0.1, 0.15) is 11.3 Å². The van der Waals surface area contributed by atoms with Gasteiger partial charge in [-0.3, -0.25) is 9.89 Å². The van der Waals surface area contributed by atoms with Crippen molar-refractivity contribution in [3.63, 3.8) is 0 Å². The van der Waals surface area contributed by atoms with E-state index in [1.165, 1.54) is 16.8 Å². The fraction of sp³-hybridized carbons (Fsp3) is 0.0769. The van der Waals surface area contributed by atoms with Crippen molar-refractivity contribution in [3.05, 3.63) is 46.8 Å². The Bertz CT molecular complexity index is 834. The quantitative estimate of drug-likeness (QED) is 0.651. The minimum atomic E-state index is -0.429. The Kier molecular flexibility index (Phi) is 2.38. The molecule has 0 amide bonds. The SMILES string of the molecule is Cn1cc(-c2ccc(N)cc2F)c2cn[nH]c2c1=O. The number of nitrogens with zero attached hydrogens (tertiary/aromatic N) is 2. The summed E-state index contributed by atoms with van der Waals surface area (Å²) in [6, 6.07) is 4.47. The van der Waals surface area contributed by atoms with E-state index in [0.717, 1.165) is 0 Å². The number of fused-ring (bicyclic) bond motifs is 1. The second-order valence-corrected chi connectivity index (χ2v) is 4.36. The van der Waals surface area contributed by atoms with E-state index in [9.17, 15) is 9.18 Å². The number of hydrogen-bond acceptors (Lipinski definition) is 3. The van der Waals surface area contributed by atoms with Gasteiger partial charge in [0, 0.05) is 35.4 Å². The van der Waals surface area contributed by atoms with Gasteiger partial charge in [-0.25, -0.2) is 4.39 Å². The zero-order valence-electron chi connectivity index (χ0n) is 10.1. The lowest BCUT2D eigenvalue weighted by molar-refractivity contribution is 0.632. The van der Waals surface area contributed by atoms with Gasteiger partial charge in [0.15, 0.2) is 0 Å². The molecule has 3 rings (SSSR count). The van der Waals surface area contributed by atoms with E-state index in [2.05, 4.69) is 10.2 Å². The van der Waals surface area contributed by atoms with Crippen LogP contribution >= 0.6 is 0 Å². The molecule has 0 aliphatic carbocycles. The average molecular weight is 258 g/mol. The molecule has 0 fully saturated rings. The lowest BCUT2D eigenvalue weighted by atomic mass is 10.0. The molecule has 5 nitrogen and oxygen atoms in total. The molecule has 96 valence electrons. The summed E-state index contributed by atoms with van der Waals surface area (Å²) in [6.07, 6.45) is 3.11. The summed E-state index contributed by atoms with van der Waals surface area (Å²) in [7, 11) is 1.61. The van der Waals surface area contributed by atoms with E-state index in [0.29, 0.717) is 27.7 Å². The Labute approximate surface area is 107 Å². The van der Waals surface area contributed by atoms with E-state index in [1.54, 1.807) is 25.4 Å². The van der Waals surface area contributed by atoms with E-state index < -0.39 is 5.82 Å². The van der Waals surface area contributed by atoms with Crippen LogP contribution in [0.5, 0.6) is 0 Å². The summed E-state index contributed by atoms with van der Waals surface area (Å²) >= 11 is 0. The second-order valence-electron chi connectivity index (χ2n) is 4.36. The average Bonchev–Trinajstić information content (AvgIpc) is 2.84. The molecule has 2 heterocycles. The van der Waals surface area contributed by atoms with Gasteiger partial charge >= 0.3 is 0 Å². The first-order chi connectivity index (χ1) is 9.08. The predicted molar refractivity (Wildman–Crippen MR) is 71.1 cm³/mol. The van der Waals surface area contributed by atoms with Crippen molar-refractivity contribution in [3.8, 4) is 11.1 Å². The van der Waals surface area contributed by atoms with Crippen LogP contribution in [0.4, 0.5) is 10.1 Å². The first kappa shape index (κ1) is 11.5. The van der Waals surface area contributed by atoms with Gasteiger partial charge in [0.25, 0.3) is 5.56 Å². The Balaban J connectivity index is 2.40. The monoisotopic (exact) mass is 258 g/mol. The van der Waals surface area contributed by atoms with Crippen LogP contribution in [-0.4, -0.2) is 14.8 Å². The van der Waals surface area contributed by atoms with Crippen molar-refractivity contribution in [2.24, 2.45) is 7.05 Å². The molecule has 0 saturated carbocycles. The highest BCUT2D eigenvalue weighted by Crippen LogP contribution is 2.28. The van der Waals surface area contributed by atoms with Crippen LogP contribution in [0.1, 0.15) is 0 Å². The highest BCUT2D eigenvalue weighted by atomic mass is 19.1. The topological polar surface area (TPSA) is 76.7 Å². The van der Waals surface area contributed by atoms with Crippen LogP contribution in [0.2, 0.25) is 0 Å². The normalized spacial score (nSPS) is 11.1. The first-order valence-electron chi connectivity index (χ1n) is 5.66. The van der Waals surface area contributed by atoms with Crippen LogP contribution < -0.4 is 11.3 Å². The highest BCUT2D eigenvalue weighted by Gasteiger charge is 2.13. The summed E-state index contributed by atoms with van der Waals surface area (Å²) in [5.41, 5.74) is 7.04. The molecule has 19 heavy (non-hydrogen) atoms. The van der Waals surface area contributed by atoms with Crippen molar-refractivity contribution < 1.29 is 4.39 Å². The highest BCUT2D eigenvalue weighted by molar-refractivity contribution is 5.93. The van der Waals surface area contributed by atoms with Gasteiger partial charge in [-0.15, -0.1) is 0 Å². The Morgan fingerprint density at radius 3 is 2.89 bits per heavy atom. The van der Waals surface area contributed by atoms with Crippen molar-refractivity contribution in [1.82, 2.24) is 14.8 Å². The van der Waals surface area contributed by atoms with E-state index >= 15 is 0 Å². The minimum absolute atomic E-state index is 0.202. The molecule has 0 aliphatic heterocycles. The predicted octanol–water partition coefficient (Wildman–Crippen LogP) is 1.65. The molecule has 3 N–H and O–H groups in total. The number of nitrogens with two attached hydrogens (primary N) is 1. The number of aromatic amines is 1. The molecule has 6 heteroatoms. The fourth-order valence-electron chi connectivity index (χ4n) is 2.12. The molecule has 0 radical (unpaired) electrons. The van der Waals surface area contributed by atoms with Crippen LogP contribution in [0.25, 0.3) is 22.0 Å². The molecule has 0 aliphatic rings. The molecule has 2 aromatic heterocycles. The van der Waals surface area contributed by atoms with Crippen molar-refractivity contribution in [2.75, 3.05) is 5.73 Å². The lowest BCUT2D eigenvalue weighted by Gasteiger charge is -2.08. The first-order valence-corrected chi connectivity index (χ1v) is 5.66. The van der Waals surface area contributed by atoms with Gasteiger partial charge in [0.2, 0.25) is 0 Å². The standard InChI is InChI=1S/C13H11FN4O/c1-18-6-10(8-3-2-7(15)4-11(8)14)9-5-16-17-12(9)13(18)19/h2-6H,15H2,1H3,(H,16,17). The zero-order chi connectivity index (χ0) is 13.6. The largest absolute Gasteiger partial charge is 0.399 e. The smallest absolute Gasteiger partial charge is 0.276 e. The third kappa shape index (κ3) is 1.69. The maximum Gasteiger partial charge on any atom is 0.276 e. The zero-order valence-corrected chi connectivity index (χ0v) is 10.1. The summed E-state index contributed by atoms with van der Waals surface area (Å²) in [5.74, 6) is -0.429. The third-order valence-electron chi connectivity index (χ3n) is 3.07. The van der Waals surface area contributed by atoms with Crippen molar-refractivity contribution in [1.29, 1.82) is 0 Å². The van der Waals surface area contributed by atoms with Crippen molar-refractivity contribution >= 4 is 16.6 Å². The molecule has 0 spiro atoms. The number of benzene rings is 1. The Morgan fingerprint density at radius 1 is 1.37 bits per heavy atom. The molecule has 0 saturated heterocycles. The van der Waals surface area contributed by atoms with Crippen LogP contribution in [-0.2, 0) is 7.05 Å². The molecular formula is C13H11FN4O.